The van der Waals surface area contributed by atoms with Gasteiger partial charge in [0.05, 0.1) is 37.4 Å². The number of pyridine rings is 1. The van der Waals surface area contributed by atoms with E-state index in [1.807, 2.05) is 0 Å². The van der Waals surface area contributed by atoms with E-state index in [0.717, 1.165) is 0 Å². The summed E-state index contributed by atoms with van der Waals surface area (Å²) in [6, 6.07) is 6.76. The van der Waals surface area contributed by atoms with Gasteiger partial charge in [0.25, 0.3) is 5.91 Å². The molecule has 0 bridgehead atoms. The molecule has 0 aliphatic heterocycles. The quantitative estimate of drug-likeness (QED) is 0.769. The van der Waals surface area contributed by atoms with Gasteiger partial charge >= 0.3 is 0 Å². The summed E-state index contributed by atoms with van der Waals surface area (Å²) >= 11 is 0. The van der Waals surface area contributed by atoms with Crippen LogP contribution in [0.3, 0.4) is 0 Å². The van der Waals surface area contributed by atoms with Crippen LogP contribution in [0.2, 0.25) is 0 Å². The fourth-order valence-corrected chi connectivity index (χ4v) is 1.80. The highest BCUT2D eigenvalue weighted by molar-refractivity contribution is 5.98. The van der Waals surface area contributed by atoms with Gasteiger partial charge in [-0.1, -0.05) is 0 Å². The third-order valence-electron chi connectivity index (χ3n) is 2.87. The molecule has 5 N–H and O–H groups in total. The van der Waals surface area contributed by atoms with E-state index in [4.69, 9.17) is 20.9 Å². The molecule has 1 aromatic heterocycles. The molecule has 0 fully saturated rings. The van der Waals surface area contributed by atoms with Crippen molar-refractivity contribution < 1.29 is 14.3 Å². The molecule has 7 nitrogen and oxygen atoms in total. The van der Waals surface area contributed by atoms with Gasteiger partial charge in [-0.05, 0) is 18.2 Å². The van der Waals surface area contributed by atoms with Crippen molar-refractivity contribution in [2.45, 2.75) is 0 Å². The van der Waals surface area contributed by atoms with Gasteiger partial charge in [-0.3, -0.25) is 4.79 Å². The number of nitrogens with two attached hydrogens (primary N) is 2. The van der Waals surface area contributed by atoms with Crippen LogP contribution in [0, 0.1) is 0 Å². The number of primary amides is 1. The first kappa shape index (κ1) is 14.4. The fourth-order valence-electron chi connectivity index (χ4n) is 1.80. The maximum absolute atomic E-state index is 11.3. The summed E-state index contributed by atoms with van der Waals surface area (Å²) in [6.45, 7) is 0. The molecule has 0 atom stereocenters. The third-order valence-corrected chi connectivity index (χ3v) is 2.87. The smallest absolute Gasteiger partial charge is 0.250 e. The van der Waals surface area contributed by atoms with Crippen molar-refractivity contribution >= 4 is 23.1 Å². The molecule has 0 unspecified atom stereocenters. The van der Waals surface area contributed by atoms with Gasteiger partial charge in [-0.25, -0.2) is 4.98 Å². The van der Waals surface area contributed by atoms with Gasteiger partial charge in [0.15, 0.2) is 0 Å². The van der Waals surface area contributed by atoms with Crippen molar-refractivity contribution in [3.05, 3.63) is 36.0 Å². The largest absolute Gasteiger partial charge is 0.497 e. The lowest BCUT2D eigenvalue weighted by Gasteiger charge is -2.13. The van der Waals surface area contributed by atoms with Crippen molar-refractivity contribution in [1.29, 1.82) is 0 Å². The van der Waals surface area contributed by atoms with Gasteiger partial charge in [0, 0.05) is 6.07 Å². The van der Waals surface area contributed by atoms with Crippen LogP contribution in [0.1, 0.15) is 10.4 Å². The highest BCUT2D eigenvalue weighted by Gasteiger charge is 2.10. The first-order chi connectivity index (χ1) is 10.0. The van der Waals surface area contributed by atoms with Crippen LogP contribution in [0.4, 0.5) is 17.2 Å². The van der Waals surface area contributed by atoms with Gasteiger partial charge in [-0.2, -0.15) is 0 Å². The lowest BCUT2D eigenvalue weighted by atomic mass is 10.2. The Hall–Kier alpha value is -2.96. The zero-order valence-corrected chi connectivity index (χ0v) is 11.7. The van der Waals surface area contributed by atoms with E-state index in [2.05, 4.69) is 10.3 Å². The van der Waals surface area contributed by atoms with Crippen molar-refractivity contribution in [1.82, 2.24) is 4.98 Å². The lowest BCUT2D eigenvalue weighted by Crippen LogP contribution is -2.14. The zero-order valence-electron chi connectivity index (χ0n) is 11.7. The van der Waals surface area contributed by atoms with Crippen LogP contribution in [-0.4, -0.2) is 25.1 Å². The van der Waals surface area contributed by atoms with E-state index in [-0.39, 0.29) is 11.3 Å². The molecule has 1 heterocycles. The molecule has 0 aliphatic carbocycles. The normalized spacial score (nSPS) is 10.0. The number of methoxy groups -OCH3 is 2. The summed E-state index contributed by atoms with van der Waals surface area (Å²) < 4.78 is 10.4. The summed E-state index contributed by atoms with van der Waals surface area (Å²) in [5.41, 5.74) is 12.0. The monoisotopic (exact) mass is 288 g/mol. The summed E-state index contributed by atoms with van der Waals surface area (Å²) in [7, 11) is 3.12. The van der Waals surface area contributed by atoms with Crippen LogP contribution < -0.4 is 26.3 Å². The summed E-state index contributed by atoms with van der Waals surface area (Å²) in [4.78, 5) is 15.4. The molecule has 2 rings (SSSR count). The topological polar surface area (TPSA) is 112 Å². The number of carbonyl (C=O) groups excluding carboxylic acids is 1. The Bertz CT molecular complexity index is 673. The first-order valence-electron chi connectivity index (χ1n) is 6.09. The molecule has 1 aromatic carbocycles. The van der Waals surface area contributed by atoms with E-state index >= 15 is 0 Å². The molecule has 0 saturated carbocycles. The molecule has 0 aliphatic rings. The second-order valence-electron chi connectivity index (χ2n) is 4.21. The average molecular weight is 288 g/mol. The van der Waals surface area contributed by atoms with Gasteiger partial charge in [-0.15, -0.1) is 0 Å². The Labute approximate surface area is 121 Å². The van der Waals surface area contributed by atoms with Crippen LogP contribution in [0.5, 0.6) is 11.5 Å². The number of benzene rings is 1. The molecule has 2 aromatic rings. The van der Waals surface area contributed by atoms with Crippen LogP contribution in [-0.2, 0) is 0 Å². The number of rotatable bonds is 5. The van der Waals surface area contributed by atoms with Crippen LogP contribution in [0.15, 0.2) is 30.5 Å². The molecule has 0 spiro atoms. The maximum Gasteiger partial charge on any atom is 0.250 e. The minimum atomic E-state index is -0.615. The summed E-state index contributed by atoms with van der Waals surface area (Å²) in [5.74, 6) is 1.07. The molecular weight excluding hydrogens is 272 g/mol. The van der Waals surface area contributed by atoms with Crippen molar-refractivity contribution in [3.8, 4) is 11.5 Å². The summed E-state index contributed by atoms with van der Waals surface area (Å²) in [5, 5.41) is 3.04. The molecule has 7 heteroatoms. The molecule has 110 valence electrons. The number of ether oxygens (including phenoxy) is 2. The maximum atomic E-state index is 11.3. The van der Waals surface area contributed by atoms with Gasteiger partial charge in [0.2, 0.25) is 0 Å². The van der Waals surface area contributed by atoms with Crippen molar-refractivity contribution in [3.63, 3.8) is 0 Å². The lowest BCUT2D eigenvalue weighted by molar-refractivity contribution is 0.100. The Morgan fingerprint density at radius 3 is 2.62 bits per heavy atom. The molecule has 1 amide bonds. The third kappa shape index (κ3) is 3.14. The van der Waals surface area contributed by atoms with Crippen LogP contribution in [0.25, 0.3) is 0 Å². The predicted octanol–water partition coefficient (Wildman–Crippen LogP) is 1.52. The number of amides is 1. The predicted molar refractivity (Wildman–Crippen MR) is 80.0 cm³/mol. The van der Waals surface area contributed by atoms with Crippen LogP contribution >= 0.6 is 0 Å². The number of anilines is 3. The standard InChI is InChI=1S/C14H16N4O3/c1-20-8-3-4-12(21-2)11(5-8)18-13-6-9(14(16)19)10(15)7-17-13/h3-7H,15H2,1-2H3,(H2,16,19)(H,17,18). The summed E-state index contributed by atoms with van der Waals surface area (Å²) in [6.07, 6.45) is 1.37. The average Bonchev–Trinajstić information content (AvgIpc) is 2.48. The highest BCUT2D eigenvalue weighted by Crippen LogP contribution is 2.31. The SMILES string of the molecule is COc1ccc(OC)c(Nc2cc(C(N)=O)c(N)cn2)c1. The molecule has 21 heavy (non-hydrogen) atoms. The Morgan fingerprint density at radius 2 is 2.00 bits per heavy atom. The van der Waals surface area contributed by atoms with Crippen molar-refractivity contribution in [2.24, 2.45) is 5.73 Å². The fraction of sp³-hybridized carbons (Fsp3) is 0.143. The molecular formula is C14H16N4O3. The number of hydrogen-bond acceptors (Lipinski definition) is 6. The molecule has 0 saturated heterocycles. The van der Waals surface area contributed by atoms with E-state index < -0.39 is 5.91 Å². The minimum Gasteiger partial charge on any atom is -0.497 e. The van der Waals surface area contributed by atoms with Gasteiger partial charge in [0.1, 0.15) is 17.3 Å². The minimum absolute atomic E-state index is 0.203. The van der Waals surface area contributed by atoms with Gasteiger partial charge < -0.3 is 26.3 Å². The number of nitrogens with one attached hydrogen (secondary N) is 1. The van der Waals surface area contributed by atoms with Crippen molar-refractivity contribution in [2.75, 3.05) is 25.3 Å². The highest BCUT2D eigenvalue weighted by atomic mass is 16.5. The van der Waals surface area contributed by atoms with E-state index in [1.165, 1.54) is 12.3 Å². The number of nitrogen functional groups attached to an aromatic ring is 1. The van der Waals surface area contributed by atoms with E-state index in [1.54, 1.807) is 32.4 Å². The Morgan fingerprint density at radius 1 is 1.24 bits per heavy atom. The number of nitrogens with zero attached hydrogens (tertiary/aromatic N) is 1. The zero-order chi connectivity index (χ0) is 15.4. The Kier molecular flexibility index (Phi) is 4.13. The number of hydrogen-bond donors (Lipinski definition) is 3. The van der Waals surface area contributed by atoms with E-state index in [9.17, 15) is 4.79 Å². The first-order valence-corrected chi connectivity index (χ1v) is 6.09. The Balaban J connectivity index is 2.37. The second-order valence-corrected chi connectivity index (χ2v) is 4.21. The number of carbonyl (C=O) groups is 1. The molecule has 0 radical (unpaired) electrons. The number of aromatic nitrogens is 1. The second kappa shape index (κ2) is 6.00. The van der Waals surface area contributed by atoms with E-state index in [0.29, 0.717) is 23.0 Å².